The molecule has 1 fully saturated rings. The molecular formula is C20H21Cl2NO2. The molecule has 5 heteroatoms. The number of benzene rings is 2. The maximum Gasteiger partial charge on any atom is 0.256 e. The van der Waals surface area contributed by atoms with Gasteiger partial charge in [0, 0.05) is 26.1 Å². The molecule has 0 unspecified atom stereocenters. The van der Waals surface area contributed by atoms with E-state index in [1.54, 1.807) is 7.11 Å². The molecule has 2 aromatic carbocycles. The summed E-state index contributed by atoms with van der Waals surface area (Å²) in [6.45, 7) is 1.42. The molecule has 0 bridgehead atoms. The summed E-state index contributed by atoms with van der Waals surface area (Å²) in [5.74, 6) is 0.277. The fourth-order valence-electron chi connectivity index (χ4n) is 3.39. The topological polar surface area (TPSA) is 29.5 Å². The van der Waals surface area contributed by atoms with Gasteiger partial charge in [-0.25, -0.2) is 0 Å². The smallest absolute Gasteiger partial charge is 0.256 e. The van der Waals surface area contributed by atoms with Gasteiger partial charge < -0.3 is 9.64 Å². The number of amides is 1. The van der Waals surface area contributed by atoms with Crippen molar-refractivity contribution in [3.05, 3.63) is 69.7 Å². The van der Waals surface area contributed by atoms with Gasteiger partial charge in [0.15, 0.2) is 6.10 Å². The van der Waals surface area contributed by atoms with Gasteiger partial charge in [-0.15, -0.1) is 0 Å². The Morgan fingerprint density at radius 2 is 1.92 bits per heavy atom. The number of piperidine rings is 1. The zero-order valence-corrected chi connectivity index (χ0v) is 15.6. The van der Waals surface area contributed by atoms with Crippen LogP contribution in [0.5, 0.6) is 0 Å². The molecular weight excluding hydrogens is 357 g/mol. The molecule has 0 spiro atoms. The van der Waals surface area contributed by atoms with Gasteiger partial charge in [-0.3, -0.25) is 4.79 Å². The van der Waals surface area contributed by atoms with Crippen molar-refractivity contribution in [1.82, 2.24) is 4.90 Å². The Morgan fingerprint density at radius 1 is 1.16 bits per heavy atom. The molecule has 1 aliphatic rings. The van der Waals surface area contributed by atoms with E-state index in [9.17, 15) is 4.79 Å². The number of rotatable bonds is 4. The minimum Gasteiger partial charge on any atom is -0.367 e. The van der Waals surface area contributed by atoms with Crippen LogP contribution in [0, 0.1) is 0 Å². The van der Waals surface area contributed by atoms with Gasteiger partial charge in [0.25, 0.3) is 5.91 Å². The highest BCUT2D eigenvalue weighted by atomic mass is 35.5. The zero-order valence-electron chi connectivity index (χ0n) is 14.1. The predicted octanol–water partition coefficient (Wildman–Crippen LogP) is 5.09. The van der Waals surface area contributed by atoms with Crippen molar-refractivity contribution in [2.45, 2.75) is 24.9 Å². The minimum absolute atomic E-state index is 0.0125. The maximum atomic E-state index is 13.0. The first-order valence-electron chi connectivity index (χ1n) is 8.41. The van der Waals surface area contributed by atoms with Crippen molar-refractivity contribution >= 4 is 29.1 Å². The molecule has 0 aromatic heterocycles. The molecule has 1 heterocycles. The van der Waals surface area contributed by atoms with E-state index in [1.165, 1.54) is 0 Å². The van der Waals surface area contributed by atoms with Crippen molar-refractivity contribution in [1.29, 1.82) is 0 Å². The quantitative estimate of drug-likeness (QED) is 0.742. The van der Waals surface area contributed by atoms with Crippen LogP contribution in [0.4, 0.5) is 0 Å². The third-order valence-corrected chi connectivity index (χ3v) is 5.45. The van der Waals surface area contributed by atoms with Gasteiger partial charge in [-0.1, -0.05) is 59.6 Å². The number of halogens is 2. The number of likely N-dealkylation sites (tertiary alicyclic amines) is 1. The van der Waals surface area contributed by atoms with Gasteiger partial charge in [0.1, 0.15) is 0 Å². The average Bonchev–Trinajstić information content (AvgIpc) is 2.65. The van der Waals surface area contributed by atoms with E-state index in [0.717, 1.165) is 30.5 Å². The number of methoxy groups -OCH3 is 1. The normalized spacial score (nSPS) is 18.8. The zero-order chi connectivity index (χ0) is 17.8. The molecule has 2 atom stereocenters. The molecule has 1 amide bonds. The number of nitrogens with zero attached hydrogens (tertiary/aromatic N) is 1. The lowest BCUT2D eigenvalue weighted by atomic mass is 9.90. The maximum absolute atomic E-state index is 13.0. The molecule has 3 rings (SSSR count). The van der Waals surface area contributed by atoms with E-state index in [4.69, 9.17) is 27.9 Å². The van der Waals surface area contributed by atoms with Crippen LogP contribution in [0.1, 0.15) is 36.0 Å². The highest BCUT2D eigenvalue weighted by Gasteiger charge is 2.30. The van der Waals surface area contributed by atoms with Crippen LogP contribution in [-0.2, 0) is 9.53 Å². The van der Waals surface area contributed by atoms with Crippen molar-refractivity contribution in [2.75, 3.05) is 20.2 Å². The summed E-state index contributed by atoms with van der Waals surface area (Å²) in [6, 6.07) is 15.3. The van der Waals surface area contributed by atoms with Gasteiger partial charge in [0.05, 0.1) is 10.0 Å². The van der Waals surface area contributed by atoms with Crippen LogP contribution in [0.3, 0.4) is 0 Å². The van der Waals surface area contributed by atoms with E-state index in [-0.39, 0.29) is 11.8 Å². The lowest BCUT2D eigenvalue weighted by molar-refractivity contribution is -0.143. The van der Waals surface area contributed by atoms with Crippen LogP contribution in [0.25, 0.3) is 0 Å². The van der Waals surface area contributed by atoms with Gasteiger partial charge in [-0.05, 0) is 36.1 Å². The fraction of sp³-hybridized carbons (Fsp3) is 0.350. The Morgan fingerprint density at radius 3 is 2.60 bits per heavy atom. The first kappa shape index (κ1) is 18.2. The lowest BCUT2D eigenvalue weighted by Crippen LogP contribution is -2.42. The summed E-state index contributed by atoms with van der Waals surface area (Å²) in [5, 5.41) is 1.11. The standard InChI is InChI=1S/C20H21Cl2NO2/c1-25-19(14-6-3-2-4-7-14)20(24)23-11-5-8-16(13-23)15-9-10-17(21)18(22)12-15/h2-4,6-7,9-10,12,16,19H,5,8,11,13H2,1H3/t16-,19+/m0/s1. The Balaban J connectivity index is 1.76. The predicted molar refractivity (Wildman–Crippen MR) is 101 cm³/mol. The van der Waals surface area contributed by atoms with E-state index >= 15 is 0 Å². The van der Waals surface area contributed by atoms with Gasteiger partial charge in [-0.2, -0.15) is 0 Å². The number of carbonyl (C=O) groups excluding carboxylic acids is 1. The molecule has 1 aliphatic heterocycles. The second-order valence-corrected chi connectivity index (χ2v) is 7.14. The summed E-state index contributed by atoms with van der Waals surface area (Å²) in [4.78, 5) is 14.9. The highest BCUT2D eigenvalue weighted by molar-refractivity contribution is 6.42. The molecule has 3 nitrogen and oxygen atoms in total. The molecule has 0 radical (unpaired) electrons. The second-order valence-electron chi connectivity index (χ2n) is 6.32. The van der Waals surface area contributed by atoms with Gasteiger partial charge in [0.2, 0.25) is 0 Å². The first-order chi connectivity index (χ1) is 12.1. The summed E-state index contributed by atoms with van der Waals surface area (Å²) >= 11 is 12.2. The van der Waals surface area contributed by atoms with Crippen LogP contribution in [0.2, 0.25) is 10.0 Å². The molecule has 0 aliphatic carbocycles. The summed E-state index contributed by atoms with van der Waals surface area (Å²) in [6.07, 6.45) is 1.43. The summed E-state index contributed by atoms with van der Waals surface area (Å²) < 4.78 is 5.50. The average molecular weight is 378 g/mol. The van der Waals surface area contributed by atoms with E-state index in [2.05, 4.69) is 0 Å². The van der Waals surface area contributed by atoms with E-state index < -0.39 is 6.10 Å². The third kappa shape index (κ3) is 4.17. The molecule has 25 heavy (non-hydrogen) atoms. The Bertz CT molecular complexity index is 736. The molecule has 2 aromatic rings. The SMILES string of the molecule is CO[C@@H](C(=O)N1CCC[C@H](c2ccc(Cl)c(Cl)c2)C1)c1ccccc1. The number of carbonyl (C=O) groups is 1. The van der Waals surface area contributed by atoms with Crippen LogP contribution in [-0.4, -0.2) is 31.0 Å². The lowest BCUT2D eigenvalue weighted by Gasteiger charge is -2.35. The number of hydrogen-bond donors (Lipinski definition) is 0. The van der Waals surface area contributed by atoms with E-state index in [0.29, 0.717) is 16.6 Å². The highest BCUT2D eigenvalue weighted by Crippen LogP contribution is 2.32. The summed E-state index contributed by atoms with van der Waals surface area (Å²) in [7, 11) is 1.58. The number of hydrogen-bond acceptors (Lipinski definition) is 2. The van der Waals surface area contributed by atoms with Crippen LogP contribution >= 0.6 is 23.2 Å². The second kappa shape index (κ2) is 8.22. The van der Waals surface area contributed by atoms with Crippen LogP contribution < -0.4 is 0 Å². The first-order valence-corrected chi connectivity index (χ1v) is 9.17. The van der Waals surface area contributed by atoms with Gasteiger partial charge >= 0.3 is 0 Å². The molecule has 0 N–H and O–H groups in total. The molecule has 1 saturated heterocycles. The van der Waals surface area contributed by atoms with Crippen molar-refractivity contribution in [2.24, 2.45) is 0 Å². The number of ether oxygens (including phenoxy) is 1. The Labute approximate surface area is 158 Å². The largest absolute Gasteiger partial charge is 0.367 e. The molecule has 0 saturated carbocycles. The van der Waals surface area contributed by atoms with Crippen molar-refractivity contribution < 1.29 is 9.53 Å². The van der Waals surface area contributed by atoms with Crippen molar-refractivity contribution in [3.8, 4) is 0 Å². The molecule has 132 valence electrons. The van der Waals surface area contributed by atoms with E-state index in [1.807, 2.05) is 53.4 Å². The third-order valence-electron chi connectivity index (χ3n) is 4.71. The fourth-order valence-corrected chi connectivity index (χ4v) is 3.70. The Kier molecular flexibility index (Phi) is 6.00. The Hall–Kier alpha value is -1.55. The monoisotopic (exact) mass is 377 g/mol. The van der Waals surface area contributed by atoms with Crippen LogP contribution in [0.15, 0.2) is 48.5 Å². The summed E-state index contributed by atoms with van der Waals surface area (Å²) in [5.41, 5.74) is 2.01. The van der Waals surface area contributed by atoms with Crippen molar-refractivity contribution in [3.63, 3.8) is 0 Å². The minimum atomic E-state index is -0.561.